The number of hydrogen-bond donors (Lipinski definition) is 2. The smallest absolute Gasteiger partial charge is 0.339 e. The van der Waals surface area contributed by atoms with Crippen molar-refractivity contribution in [3.8, 4) is 5.75 Å². The maximum absolute atomic E-state index is 12.4. The van der Waals surface area contributed by atoms with E-state index in [0.717, 1.165) is 5.56 Å². The summed E-state index contributed by atoms with van der Waals surface area (Å²) in [6.07, 6.45) is 0. The van der Waals surface area contributed by atoms with E-state index in [1.165, 1.54) is 32.4 Å². The number of nitrogens with one attached hydrogen (secondary N) is 2. The summed E-state index contributed by atoms with van der Waals surface area (Å²) in [7, 11) is 3.91. The molecule has 9 heteroatoms. The summed E-state index contributed by atoms with van der Waals surface area (Å²) in [5.74, 6) is -2.68. The van der Waals surface area contributed by atoms with Crippen molar-refractivity contribution in [1.82, 2.24) is 5.32 Å². The average molecular weight is 414 g/mol. The van der Waals surface area contributed by atoms with Crippen molar-refractivity contribution in [3.05, 3.63) is 59.2 Å². The van der Waals surface area contributed by atoms with E-state index in [0.29, 0.717) is 5.75 Å². The fraction of sp³-hybridized carbons (Fsp3) is 0.238. The van der Waals surface area contributed by atoms with Gasteiger partial charge in [-0.25, -0.2) is 9.59 Å². The highest BCUT2D eigenvalue weighted by molar-refractivity contribution is 6.40. The molecule has 0 aromatic heterocycles. The van der Waals surface area contributed by atoms with Crippen molar-refractivity contribution in [1.29, 1.82) is 0 Å². The van der Waals surface area contributed by atoms with Crippen LogP contribution < -0.4 is 15.4 Å². The molecule has 0 aliphatic carbocycles. The van der Waals surface area contributed by atoms with Gasteiger partial charge in [-0.2, -0.15) is 0 Å². The lowest BCUT2D eigenvalue weighted by molar-refractivity contribution is -0.136. The number of amides is 2. The van der Waals surface area contributed by atoms with Crippen molar-refractivity contribution in [2.24, 2.45) is 0 Å². The molecular formula is C21H22N2O7. The van der Waals surface area contributed by atoms with Gasteiger partial charge in [0.05, 0.1) is 44.2 Å². The van der Waals surface area contributed by atoms with Crippen LogP contribution in [0.15, 0.2) is 42.5 Å². The zero-order valence-electron chi connectivity index (χ0n) is 17.0. The number of ether oxygens (including phenoxy) is 3. The van der Waals surface area contributed by atoms with E-state index in [1.807, 2.05) is 0 Å². The first-order chi connectivity index (χ1) is 14.3. The van der Waals surface area contributed by atoms with Gasteiger partial charge >= 0.3 is 23.8 Å². The van der Waals surface area contributed by atoms with Gasteiger partial charge < -0.3 is 24.8 Å². The maximum Gasteiger partial charge on any atom is 0.339 e. The first-order valence-corrected chi connectivity index (χ1v) is 8.87. The summed E-state index contributed by atoms with van der Waals surface area (Å²) in [6, 6.07) is 10.4. The summed E-state index contributed by atoms with van der Waals surface area (Å²) in [5.41, 5.74) is 0.781. The monoisotopic (exact) mass is 414 g/mol. The molecule has 158 valence electrons. The van der Waals surface area contributed by atoms with Gasteiger partial charge in [-0.1, -0.05) is 12.1 Å². The average Bonchev–Trinajstić information content (AvgIpc) is 2.77. The molecule has 2 aromatic carbocycles. The van der Waals surface area contributed by atoms with Crippen LogP contribution >= 0.6 is 0 Å². The predicted molar refractivity (Wildman–Crippen MR) is 107 cm³/mol. The highest BCUT2D eigenvalue weighted by atomic mass is 16.5. The van der Waals surface area contributed by atoms with Crippen LogP contribution in [0, 0.1) is 0 Å². The van der Waals surface area contributed by atoms with Gasteiger partial charge in [0.2, 0.25) is 0 Å². The van der Waals surface area contributed by atoms with Gasteiger partial charge in [0.1, 0.15) is 5.75 Å². The minimum absolute atomic E-state index is 0.0190. The van der Waals surface area contributed by atoms with Gasteiger partial charge in [-0.05, 0) is 42.8 Å². The minimum Gasteiger partial charge on any atom is -0.497 e. The molecule has 0 bridgehead atoms. The van der Waals surface area contributed by atoms with E-state index >= 15 is 0 Å². The number of anilines is 1. The van der Waals surface area contributed by atoms with Crippen LogP contribution in [0.5, 0.6) is 5.75 Å². The van der Waals surface area contributed by atoms with Crippen LogP contribution in [-0.2, 0) is 19.1 Å². The maximum atomic E-state index is 12.4. The SMILES string of the molecule is COC(=O)c1ccc(C(=O)OC)c(NC(=O)C(=O)NC(C)c2ccc(OC)cc2)c1. The third kappa shape index (κ3) is 5.34. The van der Waals surface area contributed by atoms with Crippen LogP contribution in [0.4, 0.5) is 5.69 Å². The lowest BCUT2D eigenvalue weighted by Crippen LogP contribution is -2.37. The van der Waals surface area contributed by atoms with E-state index in [-0.39, 0.29) is 16.8 Å². The molecule has 30 heavy (non-hydrogen) atoms. The zero-order valence-corrected chi connectivity index (χ0v) is 17.0. The minimum atomic E-state index is -1.01. The van der Waals surface area contributed by atoms with Crippen molar-refractivity contribution >= 4 is 29.4 Å². The Morgan fingerprint density at radius 2 is 1.47 bits per heavy atom. The molecule has 0 saturated heterocycles. The molecule has 0 aliphatic heterocycles. The first-order valence-electron chi connectivity index (χ1n) is 8.87. The Morgan fingerprint density at radius 3 is 2.03 bits per heavy atom. The van der Waals surface area contributed by atoms with Crippen molar-refractivity contribution < 1.29 is 33.4 Å². The van der Waals surface area contributed by atoms with E-state index in [4.69, 9.17) is 4.74 Å². The molecule has 0 radical (unpaired) electrons. The van der Waals surface area contributed by atoms with Crippen molar-refractivity contribution in [2.75, 3.05) is 26.6 Å². The van der Waals surface area contributed by atoms with Gasteiger partial charge in [-0.15, -0.1) is 0 Å². The Hall–Kier alpha value is -3.88. The predicted octanol–water partition coefficient (Wildman–Crippen LogP) is 2.08. The lowest BCUT2D eigenvalue weighted by Gasteiger charge is -2.15. The second-order valence-electron chi connectivity index (χ2n) is 6.17. The molecule has 2 aromatic rings. The van der Waals surface area contributed by atoms with Crippen LogP contribution in [0.2, 0.25) is 0 Å². The molecule has 1 unspecified atom stereocenters. The van der Waals surface area contributed by atoms with Crippen molar-refractivity contribution in [3.63, 3.8) is 0 Å². The Labute approximate surface area is 173 Å². The Bertz CT molecular complexity index is 954. The van der Waals surface area contributed by atoms with E-state index in [2.05, 4.69) is 20.1 Å². The molecule has 0 spiro atoms. The first kappa shape index (κ1) is 22.4. The summed E-state index contributed by atoms with van der Waals surface area (Å²) in [6.45, 7) is 1.71. The van der Waals surface area contributed by atoms with Gasteiger partial charge in [0.25, 0.3) is 0 Å². The molecule has 2 rings (SSSR count). The number of carbonyl (C=O) groups excluding carboxylic acids is 4. The third-order valence-electron chi connectivity index (χ3n) is 4.26. The molecular weight excluding hydrogens is 392 g/mol. The van der Waals surface area contributed by atoms with Crippen LogP contribution in [-0.4, -0.2) is 45.1 Å². The quantitative estimate of drug-likeness (QED) is 0.548. The van der Waals surface area contributed by atoms with Gasteiger partial charge in [0.15, 0.2) is 0 Å². The largest absolute Gasteiger partial charge is 0.497 e. The Morgan fingerprint density at radius 1 is 0.833 bits per heavy atom. The highest BCUT2D eigenvalue weighted by Crippen LogP contribution is 2.20. The molecule has 0 heterocycles. The summed E-state index contributed by atoms with van der Waals surface area (Å²) in [4.78, 5) is 48.4. The normalized spacial score (nSPS) is 11.1. The van der Waals surface area contributed by atoms with Crippen LogP contribution in [0.3, 0.4) is 0 Å². The van der Waals surface area contributed by atoms with E-state index in [9.17, 15) is 19.2 Å². The van der Waals surface area contributed by atoms with Crippen LogP contribution in [0.1, 0.15) is 39.2 Å². The number of carbonyl (C=O) groups is 4. The fourth-order valence-corrected chi connectivity index (χ4v) is 2.60. The number of rotatable bonds is 6. The molecule has 2 N–H and O–H groups in total. The summed E-state index contributed by atoms with van der Waals surface area (Å²) >= 11 is 0. The number of hydrogen-bond acceptors (Lipinski definition) is 7. The Kier molecular flexibility index (Phi) is 7.51. The second-order valence-corrected chi connectivity index (χ2v) is 6.17. The number of esters is 2. The number of benzene rings is 2. The van der Waals surface area contributed by atoms with Crippen molar-refractivity contribution in [2.45, 2.75) is 13.0 Å². The topological polar surface area (TPSA) is 120 Å². The Balaban J connectivity index is 2.17. The highest BCUT2D eigenvalue weighted by Gasteiger charge is 2.22. The standard InChI is InChI=1S/C21H22N2O7/c1-12(13-5-8-15(28-2)9-6-13)22-18(24)19(25)23-17-11-14(20(26)29-3)7-10-16(17)21(27)30-4/h5-12H,1-4H3,(H,22,24)(H,23,25). The molecule has 0 aliphatic rings. The molecule has 2 amide bonds. The fourth-order valence-electron chi connectivity index (χ4n) is 2.60. The van der Waals surface area contributed by atoms with E-state index < -0.39 is 29.8 Å². The second kappa shape index (κ2) is 10.1. The third-order valence-corrected chi connectivity index (χ3v) is 4.26. The molecule has 0 fully saturated rings. The van der Waals surface area contributed by atoms with Gasteiger partial charge in [-0.3, -0.25) is 9.59 Å². The number of methoxy groups -OCH3 is 3. The summed E-state index contributed by atoms with van der Waals surface area (Å²) in [5, 5.41) is 4.91. The van der Waals surface area contributed by atoms with Gasteiger partial charge in [0, 0.05) is 0 Å². The lowest BCUT2D eigenvalue weighted by atomic mass is 10.1. The molecule has 0 saturated carbocycles. The van der Waals surface area contributed by atoms with Crippen LogP contribution in [0.25, 0.3) is 0 Å². The summed E-state index contributed by atoms with van der Waals surface area (Å²) < 4.78 is 14.4. The van der Waals surface area contributed by atoms with E-state index in [1.54, 1.807) is 38.3 Å². The molecule has 1 atom stereocenters. The zero-order chi connectivity index (χ0) is 22.3. The molecule has 9 nitrogen and oxygen atoms in total.